The highest BCUT2D eigenvalue weighted by Crippen LogP contribution is 2.22. The Morgan fingerprint density at radius 1 is 0.793 bits per heavy atom. The summed E-state index contributed by atoms with van der Waals surface area (Å²) in [5.41, 5.74) is 3.99. The Bertz CT molecular complexity index is 1150. The molecule has 0 saturated heterocycles. The zero-order chi connectivity index (χ0) is 20.1. The van der Waals surface area contributed by atoms with E-state index in [1.165, 1.54) is 5.39 Å². The molecular weight excluding hydrogens is 420 g/mol. The Morgan fingerprint density at radius 2 is 1.38 bits per heavy atom. The standard InChI is InChI=1S/C26H19BrN2/c27-24-14-13-22-15-19(11-12-23(22)17-24)16-25(18-28)29-26(20-7-3-1-4-8-20)21-9-5-2-6-10-21/h1-15,17,25H,16H2. The van der Waals surface area contributed by atoms with Crippen molar-refractivity contribution in [3.63, 3.8) is 0 Å². The molecule has 0 N–H and O–H groups in total. The van der Waals surface area contributed by atoms with Crippen molar-refractivity contribution in [1.29, 1.82) is 5.26 Å². The van der Waals surface area contributed by atoms with E-state index in [4.69, 9.17) is 4.99 Å². The Balaban J connectivity index is 1.69. The van der Waals surface area contributed by atoms with Gasteiger partial charge in [-0.05, 0) is 28.5 Å². The van der Waals surface area contributed by atoms with Gasteiger partial charge in [-0.2, -0.15) is 5.26 Å². The van der Waals surface area contributed by atoms with Crippen LogP contribution in [0.3, 0.4) is 0 Å². The fourth-order valence-electron chi connectivity index (χ4n) is 3.40. The molecule has 0 aromatic heterocycles. The van der Waals surface area contributed by atoms with Gasteiger partial charge in [-0.25, -0.2) is 0 Å². The van der Waals surface area contributed by atoms with Gasteiger partial charge in [0.2, 0.25) is 0 Å². The number of rotatable bonds is 5. The number of nitriles is 1. The van der Waals surface area contributed by atoms with Crippen LogP contribution in [0.25, 0.3) is 10.8 Å². The van der Waals surface area contributed by atoms with E-state index in [0.717, 1.165) is 32.3 Å². The van der Waals surface area contributed by atoms with Crippen LogP contribution in [-0.4, -0.2) is 11.8 Å². The van der Waals surface area contributed by atoms with Crippen LogP contribution in [0.15, 0.2) is 107 Å². The molecule has 0 aliphatic rings. The largest absolute Gasteiger partial charge is 0.265 e. The minimum Gasteiger partial charge on any atom is -0.265 e. The third kappa shape index (κ3) is 4.62. The summed E-state index contributed by atoms with van der Waals surface area (Å²) < 4.78 is 1.06. The summed E-state index contributed by atoms with van der Waals surface area (Å²) in [7, 11) is 0. The lowest BCUT2D eigenvalue weighted by molar-refractivity contribution is 0.826. The molecule has 3 heteroatoms. The predicted molar refractivity (Wildman–Crippen MR) is 123 cm³/mol. The van der Waals surface area contributed by atoms with Gasteiger partial charge in [-0.3, -0.25) is 4.99 Å². The number of benzene rings is 4. The Morgan fingerprint density at radius 3 is 2.00 bits per heavy atom. The zero-order valence-corrected chi connectivity index (χ0v) is 17.4. The Labute approximate surface area is 179 Å². The Kier molecular flexibility index (Phi) is 5.84. The van der Waals surface area contributed by atoms with Gasteiger partial charge in [0.05, 0.1) is 11.8 Å². The van der Waals surface area contributed by atoms with Crippen molar-refractivity contribution in [2.24, 2.45) is 4.99 Å². The minimum atomic E-state index is -0.460. The summed E-state index contributed by atoms with van der Waals surface area (Å²) in [6, 6.07) is 34.6. The van der Waals surface area contributed by atoms with Gasteiger partial charge < -0.3 is 0 Å². The average Bonchev–Trinajstić information content (AvgIpc) is 2.78. The van der Waals surface area contributed by atoms with E-state index in [2.05, 4.69) is 52.3 Å². The summed E-state index contributed by atoms with van der Waals surface area (Å²) >= 11 is 3.51. The summed E-state index contributed by atoms with van der Waals surface area (Å²) in [5.74, 6) is 0. The maximum absolute atomic E-state index is 9.82. The number of halogens is 1. The maximum Gasteiger partial charge on any atom is 0.141 e. The van der Waals surface area contributed by atoms with Crippen LogP contribution in [0.2, 0.25) is 0 Å². The molecule has 4 aromatic carbocycles. The first-order valence-corrected chi connectivity index (χ1v) is 10.3. The highest BCUT2D eigenvalue weighted by atomic mass is 79.9. The smallest absolute Gasteiger partial charge is 0.141 e. The van der Waals surface area contributed by atoms with Gasteiger partial charge in [0, 0.05) is 22.0 Å². The molecule has 4 aromatic rings. The Hall–Kier alpha value is -3.22. The lowest BCUT2D eigenvalue weighted by atomic mass is 10.00. The van der Waals surface area contributed by atoms with Crippen LogP contribution in [-0.2, 0) is 6.42 Å². The van der Waals surface area contributed by atoms with Gasteiger partial charge >= 0.3 is 0 Å². The van der Waals surface area contributed by atoms with Gasteiger partial charge in [-0.1, -0.05) is 101 Å². The lowest BCUT2D eigenvalue weighted by Gasteiger charge is -2.12. The van der Waals surface area contributed by atoms with Crippen molar-refractivity contribution in [3.8, 4) is 6.07 Å². The first-order chi connectivity index (χ1) is 14.2. The van der Waals surface area contributed by atoms with Gasteiger partial charge in [0.1, 0.15) is 6.04 Å². The van der Waals surface area contributed by atoms with E-state index < -0.39 is 6.04 Å². The molecular formula is C26H19BrN2. The molecule has 0 spiro atoms. The minimum absolute atomic E-state index is 0.460. The van der Waals surface area contributed by atoms with Crippen LogP contribution in [0, 0.1) is 11.3 Å². The normalized spacial score (nSPS) is 11.6. The van der Waals surface area contributed by atoms with Gasteiger partial charge in [-0.15, -0.1) is 0 Å². The molecule has 0 bridgehead atoms. The summed E-state index contributed by atoms with van der Waals surface area (Å²) in [6.07, 6.45) is 0.575. The van der Waals surface area contributed by atoms with Gasteiger partial charge in [0.15, 0.2) is 0 Å². The molecule has 0 fully saturated rings. The fourth-order valence-corrected chi connectivity index (χ4v) is 3.78. The molecule has 0 aliphatic carbocycles. The molecule has 140 valence electrons. The van der Waals surface area contributed by atoms with E-state index in [9.17, 15) is 5.26 Å². The molecule has 29 heavy (non-hydrogen) atoms. The van der Waals surface area contributed by atoms with Crippen molar-refractivity contribution in [1.82, 2.24) is 0 Å². The van der Waals surface area contributed by atoms with Crippen LogP contribution in [0.4, 0.5) is 0 Å². The number of hydrogen-bond acceptors (Lipinski definition) is 2. The molecule has 0 aliphatic heterocycles. The predicted octanol–water partition coefficient (Wildman–Crippen LogP) is 6.57. The third-order valence-corrected chi connectivity index (χ3v) is 5.32. The highest BCUT2D eigenvalue weighted by molar-refractivity contribution is 9.10. The second-order valence-electron chi connectivity index (χ2n) is 6.88. The van der Waals surface area contributed by atoms with Crippen molar-refractivity contribution < 1.29 is 0 Å². The summed E-state index contributed by atoms with van der Waals surface area (Å²) in [6.45, 7) is 0. The van der Waals surface area contributed by atoms with Crippen LogP contribution < -0.4 is 0 Å². The molecule has 1 unspecified atom stereocenters. The molecule has 2 nitrogen and oxygen atoms in total. The third-order valence-electron chi connectivity index (χ3n) is 4.82. The first-order valence-electron chi connectivity index (χ1n) is 9.49. The molecule has 0 radical (unpaired) electrons. The van der Waals surface area contributed by atoms with Crippen molar-refractivity contribution in [3.05, 3.63) is 118 Å². The second kappa shape index (κ2) is 8.86. The lowest BCUT2D eigenvalue weighted by Crippen LogP contribution is -2.12. The first kappa shape index (κ1) is 19.1. The van der Waals surface area contributed by atoms with E-state index >= 15 is 0 Å². The summed E-state index contributed by atoms with van der Waals surface area (Å²) in [5, 5.41) is 12.2. The maximum atomic E-state index is 9.82. The molecule has 1 atom stereocenters. The van der Waals surface area contributed by atoms with Gasteiger partial charge in [0.25, 0.3) is 0 Å². The van der Waals surface area contributed by atoms with Crippen molar-refractivity contribution >= 4 is 32.4 Å². The quantitative estimate of drug-likeness (QED) is 0.324. The second-order valence-corrected chi connectivity index (χ2v) is 7.80. The number of fused-ring (bicyclic) bond motifs is 1. The van der Waals surface area contributed by atoms with Crippen molar-refractivity contribution in [2.75, 3.05) is 0 Å². The van der Waals surface area contributed by atoms with E-state index in [0.29, 0.717) is 6.42 Å². The monoisotopic (exact) mass is 438 g/mol. The molecule has 0 heterocycles. The van der Waals surface area contributed by atoms with Crippen LogP contribution in [0.5, 0.6) is 0 Å². The molecule has 0 saturated carbocycles. The van der Waals surface area contributed by atoms with E-state index in [-0.39, 0.29) is 0 Å². The average molecular weight is 439 g/mol. The van der Waals surface area contributed by atoms with Crippen LogP contribution in [0.1, 0.15) is 16.7 Å². The number of aliphatic imine (C=N–C) groups is 1. The van der Waals surface area contributed by atoms with E-state index in [1.54, 1.807) is 0 Å². The summed E-state index contributed by atoms with van der Waals surface area (Å²) in [4.78, 5) is 4.87. The molecule has 4 rings (SSSR count). The SMILES string of the molecule is N#CC(Cc1ccc2cc(Br)ccc2c1)N=C(c1ccccc1)c1ccccc1. The van der Waals surface area contributed by atoms with Crippen molar-refractivity contribution in [2.45, 2.75) is 12.5 Å². The highest BCUT2D eigenvalue weighted by Gasteiger charge is 2.13. The topological polar surface area (TPSA) is 36.1 Å². The fraction of sp³-hybridized carbons (Fsp3) is 0.0769. The number of hydrogen-bond donors (Lipinski definition) is 0. The number of nitrogens with zero attached hydrogens (tertiary/aromatic N) is 2. The van der Waals surface area contributed by atoms with Crippen LogP contribution >= 0.6 is 15.9 Å². The van der Waals surface area contributed by atoms with E-state index in [1.807, 2.05) is 66.7 Å². The zero-order valence-electron chi connectivity index (χ0n) is 15.8. The molecule has 0 amide bonds.